The normalized spacial score (nSPS) is 22.4. The lowest BCUT2D eigenvalue weighted by atomic mass is 9.70. The molecule has 1 saturated carbocycles. The second kappa shape index (κ2) is 6.48. The predicted molar refractivity (Wildman–Crippen MR) is 71.8 cm³/mol. The fourth-order valence-corrected chi connectivity index (χ4v) is 2.66. The van der Waals surface area contributed by atoms with Gasteiger partial charge in [0.25, 0.3) is 0 Å². The van der Waals surface area contributed by atoms with Gasteiger partial charge in [0.1, 0.15) is 5.75 Å². The van der Waals surface area contributed by atoms with Gasteiger partial charge in [0.2, 0.25) is 0 Å². The van der Waals surface area contributed by atoms with E-state index in [1.54, 1.807) is 6.07 Å². The van der Waals surface area contributed by atoms with Gasteiger partial charge >= 0.3 is 6.36 Å². The quantitative estimate of drug-likeness (QED) is 0.796. The van der Waals surface area contributed by atoms with Crippen LogP contribution in [0.4, 0.5) is 13.2 Å². The molecule has 112 valence electrons. The van der Waals surface area contributed by atoms with Crippen LogP contribution in [0.15, 0.2) is 24.3 Å². The molecule has 20 heavy (non-hydrogen) atoms. The smallest absolute Gasteiger partial charge is 0.406 e. The average molecular weight is 287 g/mol. The van der Waals surface area contributed by atoms with Gasteiger partial charge in [0.05, 0.1) is 0 Å². The molecule has 0 spiro atoms. The molecule has 1 aromatic rings. The lowest BCUT2D eigenvalue weighted by Crippen LogP contribution is -2.34. The van der Waals surface area contributed by atoms with Gasteiger partial charge in [-0.05, 0) is 61.9 Å². The first-order valence-electron chi connectivity index (χ1n) is 7.06. The minimum atomic E-state index is -4.62. The molecule has 1 aliphatic carbocycles. The molecule has 5 heteroatoms. The van der Waals surface area contributed by atoms with E-state index in [1.807, 2.05) is 6.07 Å². The Morgan fingerprint density at radius 2 is 2.10 bits per heavy atom. The zero-order valence-corrected chi connectivity index (χ0v) is 11.5. The van der Waals surface area contributed by atoms with Gasteiger partial charge in [0.15, 0.2) is 0 Å². The van der Waals surface area contributed by atoms with Crippen LogP contribution in [0.25, 0.3) is 0 Å². The summed E-state index contributed by atoms with van der Waals surface area (Å²) in [4.78, 5) is 0. The Balaban J connectivity index is 1.96. The molecule has 0 amide bonds. The molecule has 1 N–H and O–H groups in total. The zero-order chi connectivity index (χ0) is 14.6. The summed E-state index contributed by atoms with van der Waals surface area (Å²) >= 11 is 0. The van der Waals surface area contributed by atoms with E-state index in [2.05, 4.69) is 17.0 Å². The van der Waals surface area contributed by atoms with Gasteiger partial charge in [-0.25, -0.2) is 0 Å². The summed E-state index contributed by atoms with van der Waals surface area (Å²) in [5.74, 6) is 0.737. The van der Waals surface area contributed by atoms with E-state index in [0.717, 1.165) is 37.9 Å². The predicted octanol–water partition coefficient (Wildman–Crippen LogP) is 4.08. The van der Waals surface area contributed by atoms with Crippen LogP contribution in [0.3, 0.4) is 0 Å². The third-order valence-corrected chi connectivity index (χ3v) is 3.77. The monoisotopic (exact) mass is 287 g/mol. The molecular formula is C15H20F3NO. The Hall–Kier alpha value is -1.23. The van der Waals surface area contributed by atoms with Crippen LogP contribution < -0.4 is 10.1 Å². The maximum atomic E-state index is 12.2. The Morgan fingerprint density at radius 3 is 2.70 bits per heavy atom. The topological polar surface area (TPSA) is 21.3 Å². The lowest BCUT2D eigenvalue weighted by molar-refractivity contribution is -0.274. The SMILES string of the molecule is CCCNCC1CCC1c1cccc(OC(F)(F)F)c1. The molecule has 0 bridgehead atoms. The van der Waals surface area contributed by atoms with Gasteiger partial charge in [-0.1, -0.05) is 19.1 Å². The maximum absolute atomic E-state index is 12.2. The van der Waals surface area contributed by atoms with Crippen molar-refractivity contribution >= 4 is 0 Å². The molecule has 1 aromatic carbocycles. The van der Waals surface area contributed by atoms with Crippen molar-refractivity contribution in [1.82, 2.24) is 5.32 Å². The van der Waals surface area contributed by atoms with Crippen molar-refractivity contribution in [3.05, 3.63) is 29.8 Å². The minimum Gasteiger partial charge on any atom is -0.406 e. The molecule has 2 nitrogen and oxygen atoms in total. The molecule has 0 saturated heterocycles. The first kappa shape index (κ1) is 15.2. The Bertz CT molecular complexity index is 433. The van der Waals surface area contributed by atoms with Crippen molar-refractivity contribution in [1.29, 1.82) is 0 Å². The van der Waals surface area contributed by atoms with E-state index in [-0.39, 0.29) is 5.75 Å². The van der Waals surface area contributed by atoms with Crippen LogP contribution in [0, 0.1) is 5.92 Å². The highest BCUT2D eigenvalue weighted by Crippen LogP contribution is 2.43. The molecule has 0 heterocycles. The van der Waals surface area contributed by atoms with Crippen molar-refractivity contribution in [2.24, 2.45) is 5.92 Å². The van der Waals surface area contributed by atoms with Crippen molar-refractivity contribution in [2.45, 2.75) is 38.5 Å². The highest BCUT2D eigenvalue weighted by molar-refractivity contribution is 5.32. The van der Waals surface area contributed by atoms with E-state index in [0.29, 0.717) is 11.8 Å². The summed E-state index contributed by atoms with van der Waals surface area (Å²) in [7, 11) is 0. The number of rotatable bonds is 6. The third kappa shape index (κ3) is 4.13. The molecule has 2 rings (SSSR count). The number of hydrogen-bond acceptors (Lipinski definition) is 2. The van der Waals surface area contributed by atoms with E-state index < -0.39 is 6.36 Å². The number of alkyl halides is 3. The van der Waals surface area contributed by atoms with E-state index in [9.17, 15) is 13.2 Å². The summed E-state index contributed by atoms with van der Waals surface area (Å²) < 4.78 is 40.6. The van der Waals surface area contributed by atoms with Crippen LogP contribution in [0.5, 0.6) is 5.75 Å². The number of ether oxygens (including phenoxy) is 1. The molecule has 2 atom stereocenters. The first-order chi connectivity index (χ1) is 9.49. The number of benzene rings is 1. The van der Waals surface area contributed by atoms with E-state index >= 15 is 0 Å². The van der Waals surface area contributed by atoms with Gasteiger partial charge in [-0.2, -0.15) is 0 Å². The molecule has 1 fully saturated rings. The molecular weight excluding hydrogens is 267 g/mol. The minimum absolute atomic E-state index is 0.123. The van der Waals surface area contributed by atoms with Crippen molar-refractivity contribution in [3.8, 4) is 5.75 Å². The zero-order valence-electron chi connectivity index (χ0n) is 11.5. The van der Waals surface area contributed by atoms with Gasteiger partial charge in [0, 0.05) is 0 Å². The molecule has 0 radical (unpaired) electrons. The highest BCUT2D eigenvalue weighted by atomic mass is 19.4. The molecule has 1 aliphatic rings. The maximum Gasteiger partial charge on any atom is 0.573 e. The largest absolute Gasteiger partial charge is 0.573 e. The first-order valence-corrected chi connectivity index (χ1v) is 7.06. The Morgan fingerprint density at radius 1 is 1.30 bits per heavy atom. The standard InChI is InChI=1S/C15H20F3NO/c1-2-8-19-10-12-6-7-14(12)11-4-3-5-13(9-11)20-15(16,17)18/h3-5,9,12,14,19H,2,6-8,10H2,1H3. The fourth-order valence-electron chi connectivity index (χ4n) is 2.66. The summed E-state index contributed by atoms with van der Waals surface area (Å²) in [6.45, 7) is 4.03. The lowest BCUT2D eigenvalue weighted by Gasteiger charge is -2.37. The van der Waals surface area contributed by atoms with Crippen LogP contribution in [-0.2, 0) is 0 Å². The Labute approximate surface area is 117 Å². The second-order valence-electron chi connectivity index (χ2n) is 5.27. The van der Waals surface area contributed by atoms with Crippen LogP contribution in [-0.4, -0.2) is 19.5 Å². The van der Waals surface area contributed by atoms with Crippen LogP contribution in [0.2, 0.25) is 0 Å². The average Bonchev–Trinajstić information content (AvgIpc) is 2.31. The summed E-state index contributed by atoms with van der Waals surface area (Å²) in [5.41, 5.74) is 0.946. The number of halogens is 3. The van der Waals surface area contributed by atoms with E-state index in [4.69, 9.17) is 0 Å². The third-order valence-electron chi connectivity index (χ3n) is 3.77. The molecule has 0 aliphatic heterocycles. The van der Waals surface area contributed by atoms with Crippen molar-refractivity contribution in [2.75, 3.05) is 13.1 Å². The summed E-state index contributed by atoms with van der Waals surface area (Å²) in [6.07, 6.45) is -1.37. The fraction of sp³-hybridized carbons (Fsp3) is 0.600. The molecule has 2 unspecified atom stereocenters. The van der Waals surface area contributed by atoms with Crippen LogP contribution in [0.1, 0.15) is 37.7 Å². The Kier molecular flexibility index (Phi) is 4.91. The second-order valence-corrected chi connectivity index (χ2v) is 5.27. The van der Waals surface area contributed by atoms with E-state index in [1.165, 1.54) is 12.1 Å². The number of hydrogen-bond donors (Lipinski definition) is 1. The highest BCUT2D eigenvalue weighted by Gasteiger charge is 2.33. The van der Waals surface area contributed by atoms with Crippen molar-refractivity contribution in [3.63, 3.8) is 0 Å². The van der Waals surface area contributed by atoms with Gasteiger partial charge in [-0.15, -0.1) is 13.2 Å². The van der Waals surface area contributed by atoms with Gasteiger partial charge in [-0.3, -0.25) is 0 Å². The summed E-state index contributed by atoms with van der Waals surface area (Å²) in [5, 5.41) is 3.38. The number of nitrogens with one attached hydrogen (secondary N) is 1. The summed E-state index contributed by atoms with van der Waals surface area (Å²) in [6, 6.07) is 6.38. The van der Waals surface area contributed by atoms with Gasteiger partial charge < -0.3 is 10.1 Å². The molecule has 0 aromatic heterocycles. The van der Waals surface area contributed by atoms with Crippen LogP contribution >= 0.6 is 0 Å². The van der Waals surface area contributed by atoms with Crippen molar-refractivity contribution < 1.29 is 17.9 Å².